The van der Waals surface area contributed by atoms with Crippen LogP contribution in [0.5, 0.6) is 0 Å². The Hall–Kier alpha value is -2.77. The second-order valence-corrected chi connectivity index (χ2v) is 8.15. The highest BCUT2D eigenvalue weighted by Crippen LogP contribution is 2.36. The van der Waals surface area contributed by atoms with Gasteiger partial charge in [-0.3, -0.25) is 9.17 Å². The van der Waals surface area contributed by atoms with Crippen LogP contribution in [0, 0.1) is 13.8 Å². The Bertz CT molecular complexity index is 1140. The minimum Gasteiger partial charge on any atom is -0.465 e. The molecule has 0 N–H and O–H groups in total. The molecule has 0 radical (unpaired) electrons. The Morgan fingerprint density at radius 3 is 2.29 bits per heavy atom. The quantitative estimate of drug-likeness (QED) is 0.481. The largest absolute Gasteiger partial charge is 0.465 e. The van der Waals surface area contributed by atoms with Gasteiger partial charge in [0.1, 0.15) is 6.10 Å². The first-order valence-corrected chi connectivity index (χ1v) is 10.5. The number of hydrogen-bond acceptors (Lipinski definition) is 6. The summed E-state index contributed by atoms with van der Waals surface area (Å²) in [5, 5.41) is 0.816. The van der Waals surface area contributed by atoms with Crippen molar-refractivity contribution in [1.82, 2.24) is 4.98 Å². The zero-order valence-electron chi connectivity index (χ0n) is 16.1. The highest BCUT2D eigenvalue weighted by molar-refractivity contribution is 7.86. The molecule has 0 aliphatic rings. The number of carbonyl (C=O) groups excluding carboxylic acids is 1. The third-order valence-electron chi connectivity index (χ3n) is 4.60. The molecule has 1 unspecified atom stereocenters. The van der Waals surface area contributed by atoms with Gasteiger partial charge in [-0.2, -0.15) is 8.42 Å². The summed E-state index contributed by atoms with van der Waals surface area (Å²) in [6.07, 6.45) is 0.155. The molecule has 1 aromatic heterocycles. The molecule has 0 aliphatic heterocycles. The lowest BCUT2D eigenvalue weighted by Crippen LogP contribution is -2.15. The van der Waals surface area contributed by atoms with Crippen molar-refractivity contribution in [2.75, 3.05) is 13.4 Å². The van der Waals surface area contributed by atoms with E-state index < -0.39 is 22.2 Å². The molecule has 0 bridgehead atoms. The summed E-state index contributed by atoms with van der Waals surface area (Å²) in [6.45, 7) is 3.77. The summed E-state index contributed by atoms with van der Waals surface area (Å²) in [4.78, 5) is 16.3. The summed E-state index contributed by atoms with van der Waals surface area (Å²) >= 11 is 0. The third kappa shape index (κ3) is 4.05. The normalized spacial score (nSPS) is 12.7. The summed E-state index contributed by atoms with van der Waals surface area (Å²) in [6, 6.07) is 14.1. The maximum atomic E-state index is 12.0. The van der Waals surface area contributed by atoms with Gasteiger partial charge >= 0.3 is 5.97 Å². The number of esters is 1. The fourth-order valence-electron chi connectivity index (χ4n) is 3.16. The van der Waals surface area contributed by atoms with Gasteiger partial charge in [0.25, 0.3) is 10.1 Å². The molecule has 3 rings (SSSR count). The van der Waals surface area contributed by atoms with Gasteiger partial charge in [0.05, 0.1) is 24.4 Å². The van der Waals surface area contributed by atoms with Crippen molar-refractivity contribution >= 4 is 27.0 Å². The smallest absolute Gasteiger partial charge is 0.337 e. The van der Waals surface area contributed by atoms with Crippen LogP contribution >= 0.6 is 0 Å². The molecule has 2 aromatic carbocycles. The van der Waals surface area contributed by atoms with E-state index in [1.54, 1.807) is 24.3 Å². The van der Waals surface area contributed by atoms with E-state index in [9.17, 15) is 13.2 Å². The van der Waals surface area contributed by atoms with Crippen LogP contribution in [-0.2, 0) is 19.0 Å². The lowest BCUT2D eigenvalue weighted by atomic mass is 9.92. The molecule has 1 heterocycles. The second kappa shape index (κ2) is 7.69. The van der Waals surface area contributed by atoms with Crippen molar-refractivity contribution in [1.29, 1.82) is 0 Å². The van der Waals surface area contributed by atoms with Gasteiger partial charge in [-0.05, 0) is 43.2 Å². The Kier molecular flexibility index (Phi) is 5.49. The van der Waals surface area contributed by atoms with Crippen molar-refractivity contribution in [2.45, 2.75) is 20.0 Å². The topological polar surface area (TPSA) is 82.6 Å². The number of carbonyl (C=O) groups is 1. The number of rotatable bonds is 5. The van der Waals surface area contributed by atoms with Crippen LogP contribution in [-0.4, -0.2) is 32.7 Å². The molecule has 1 atom stereocenters. The molecule has 3 aromatic rings. The van der Waals surface area contributed by atoms with Crippen LogP contribution in [0.15, 0.2) is 48.5 Å². The molecule has 0 saturated heterocycles. The van der Waals surface area contributed by atoms with E-state index in [1.165, 1.54) is 7.11 Å². The van der Waals surface area contributed by atoms with Crippen molar-refractivity contribution in [2.24, 2.45) is 0 Å². The van der Waals surface area contributed by atoms with E-state index in [0.29, 0.717) is 11.1 Å². The lowest BCUT2D eigenvalue weighted by molar-refractivity contribution is 0.0600. The van der Waals surface area contributed by atoms with Crippen LogP contribution in [0.1, 0.15) is 38.8 Å². The van der Waals surface area contributed by atoms with Gasteiger partial charge in [0.15, 0.2) is 0 Å². The first-order chi connectivity index (χ1) is 13.2. The minimum atomic E-state index is -3.76. The van der Waals surface area contributed by atoms with E-state index >= 15 is 0 Å². The molecule has 7 heteroatoms. The van der Waals surface area contributed by atoms with Gasteiger partial charge < -0.3 is 4.74 Å². The van der Waals surface area contributed by atoms with Gasteiger partial charge in [0, 0.05) is 16.6 Å². The number of nitrogens with zero attached hydrogens (tertiary/aromatic N) is 1. The van der Waals surface area contributed by atoms with E-state index in [2.05, 4.69) is 4.98 Å². The summed E-state index contributed by atoms with van der Waals surface area (Å²) < 4.78 is 34.3. The molecule has 6 nitrogen and oxygen atoms in total. The number of benzene rings is 2. The van der Waals surface area contributed by atoms with Gasteiger partial charge in [-0.1, -0.05) is 30.3 Å². The van der Waals surface area contributed by atoms with Crippen LogP contribution in [0.3, 0.4) is 0 Å². The van der Waals surface area contributed by atoms with E-state index in [1.807, 2.05) is 38.1 Å². The van der Waals surface area contributed by atoms with Crippen LogP contribution in [0.25, 0.3) is 10.9 Å². The molecule has 0 aliphatic carbocycles. The van der Waals surface area contributed by atoms with E-state index in [0.717, 1.165) is 34.0 Å². The predicted octanol–water partition coefficient (Wildman–Crippen LogP) is 3.70. The molecule has 0 fully saturated rings. The summed E-state index contributed by atoms with van der Waals surface area (Å²) in [5.41, 5.74) is 4.12. The Balaban J connectivity index is 2.24. The van der Waals surface area contributed by atoms with Crippen molar-refractivity contribution in [3.8, 4) is 0 Å². The molecule has 0 saturated carbocycles. The average molecular weight is 399 g/mol. The second-order valence-electron chi connectivity index (χ2n) is 6.55. The predicted molar refractivity (Wildman–Crippen MR) is 107 cm³/mol. The molecule has 28 heavy (non-hydrogen) atoms. The lowest BCUT2D eigenvalue weighted by Gasteiger charge is -2.22. The van der Waals surface area contributed by atoms with Crippen LogP contribution in [0.2, 0.25) is 0 Å². The molecule has 0 spiro atoms. The first kappa shape index (κ1) is 20.0. The average Bonchev–Trinajstić information content (AvgIpc) is 2.66. The first-order valence-electron chi connectivity index (χ1n) is 8.63. The van der Waals surface area contributed by atoms with Gasteiger partial charge in [0.2, 0.25) is 0 Å². The monoisotopic (exact) mass is 399 g/mol. The van der Waals surface area contributed by atoms with Crippen molar-refractivity contribution in [3.63, 3.8) is 0 Å². The number of pyridine rings is 1. The standard InChI is InChI=1S/C21H21NO5S/c1-13-14(2)22-18-8-6-5-7-17(18)19(13)20(27-28(4,24)25)15-9-11-16(12-10-15)21(23)26-3/h5-12,20H,1-4H3. The maximum absolute atomic E-state index is 12.0. The summed E-state index contributed by atoms with van der Waals surface area (Å²) in [7, 11) is -2.45. The van der Waals surface area contributed by atoms with Crippen LogP contribution in [0.4, 0.5) is 0 Å². The third-order valence-corrected chi connectivity index (χ3v) is 5.14. The molecule has 0 amide bonds. The number of hydrogen-bond donors (Lipinski definition) is 0. The fraction of sp³-hybridized carbons (Fsp3) is 0.238. The maximum Gasteiger partial charge on any atom is 0.337 e. The van der Waals surface area contributed by atoms with Crippen LogP contribution < -0.4 is 0 Å². The van der Waals surface area contributed by atoms with Gasteiger partial charge in [-0.15, -0.1) is 0 Å². The molecular weight excluding hydrogens is 378 g/mol. The van der Waals surface area contributed by atoms with Crippen molar-refractivity contribution in [3.05, 3.63) is 76.5 Å². The zero-order valence-corrected chi connectivity index (χ0v) is 16.9. The van der Waals surface area contributed by atoms with Crippen molar-refractivity contribution < 1.29 is 22.1 Å². The number of aromatic nitrogens is 1. The number of fused-ring (bicyclic) bond motifs is 1. The highest BCUT2D eigenvalue weighted by atomic mass is 32.2. The Labute approximate surface area is 164 Å². The molecular formula is C21H21NO5S. The Morgan fingerprint density at radius 2 is 1.68 bits per heavy atom. The SMILES string of the molecule is COC(=O)c1ccc(C(OS(C)(=O)=O)c2c(C)c(C)nc3ccccc23)cc1. The highest BCUT2D eigenvalue weighted by Gasteiger charge is 2.25. The summed E-state index contributed by atoms with van der Waals surface area (Å²) in [5.74, 6) is -0.464. The Morgan fingerprint density at radius 1 is 1.04 bits per heavy atom. The number of ether oxygens (including phenoxy) is 1. The van der Waals surface area contributed by atoms with Gasteiger partial charge in [-0.25, -0.2) is 4.79 Å². The number of aryl methyl sites for hydroxylation is 1. The molecule has 146 valence electrons. The number of methoxy groups -OCH3 is 1. The fourth-order valence-corrected chi connectivity index (χ4v) is 3.71. The van der Waals surface area contributed by atoms with E-state index in [-0.39, 0.29) is 0 Å². The van der Waals surface area contributed by atoms with E-state index in [4.69, 9.17) is 8.92 Å². The minimum absolute atomic E-state index is 0.372. The zero-order chi connectivity index (χ0) is 20.5. The number of para-hydroxylation sites is 1.